The number of benzene rings is 2. The number of fused-ring (bicyclic) bond motifs is 3. The molecule has 7 heteroatoms. The summed E-state index contributed by atoms with van der Waals surface area (Å²) in [7, 11) is 1.67. The molecule has 0 bridgehead atoms. The highest BCUT2D eigenvalue weighted by molar-refractivity contribution is 6.16. The molecule has 168 valence electrons. The van der Waals surface area contributed by atoms with Crippen LogP contribution in [0.25, 0.3) is 0 Å². The normalized spacial score (nSPS) is 17.5. The lowest BCUT2D eigenvalue weighted by atomic mass is 9.81. The van der Waals surface area contributed by atoms with Gasteiger partial charge in [-0.05, 0) is 57.9 Å². The summed E-state index contributed by atoms with van der Waals surface area (Å²) >= 11 is 0. The molecule has 0 atom stereocenters. The maximum absolute atomic E-state index is 12.3. The predicted octanol–water partition coefficient (Wildman–Crippen LogP) is 2.80. The van der Waals surface area contributed by atoms with E-state index in [-0.39, 0.29) is 23.6 Å². The first kappa shape index (κ1) is 21.9. The average molecular weight is 436 g/mol. The van der Waals surface area contributed by atoms with Gasteiger partial charge in [-0.15, -0.1) is 0 Å². The third-order valence-electron chi connectivity index (χ3n) is 5.74. The molecule has 2 aromatic carbocycles. The van der Waals surface area contributed by atoms with E-state index in [1.54, 1.807) is 19.2 Å². The highest BCUT2D eigenvalue weighted by atomic mass is 16.5. The maximum Gasteiger partial charge on any atom is 0.251 e. The topological polar surface area (TPSA) is 103 Å². The van der Waals surface area contributed by atoms with Gasteiger partial charge in [0.2, 0.25) is 5.91 Å². The standard InChI is InChI=1S/C25H29N3O4/c1-24(2)11-16-10-18(31-5)22-17(12-25(3,4)32-22)20(16)21(28-24)14-6-8-15(9-7-14)23(30)27-13-19(26)29/h6-10H,11-13H2,1-5H3,(H2,26,29)(H,27,30). The van der Waals surface area contributed by atoms with Crippen molar-refractivity contribution in [1.82, 2.24) is 5.32 Å². The van der Waals surface area contributed by atoms with Gasteiger partial charge < -0.3 is 20.5 Å². The first-order valence-corrected chi connectivity index (χ1v) is 10.7. The van der Waals surface area contributed by atoms with Crippen LogP contribution in [0.5, 0.6) is 11.5 Å². The number of methoxy groups -OCH3 is 1. The molecular weight excluding hydrogens is 406 g/mol. The Morgan fingerprint density at radius 3 is 2.47 bits per heavy atom. The number of nitrogens with one attached hydrogen (secondary N) is 1. The van der Waals surface area contributed by atoms with Crippen LogP contribution in [0, 0.1) is 0 Å². The first-order chi connectivity index (χ1) is 15.0. The lowest BCUT2D eigenvalue weighted by Gasteiger charge is -2.31. The number of nitrogens with two attached hydrogens (primary N) is 1. The lowest BCUT2D eigenvalue weighted by molar-refractivity contribution is -0.117. The molecule has 2 heterocycles. The number of primary amides is 1. The molecule has 0 saturated heterocycles. The van der Waals surface area contributed by atoms with Crippen LogP contribution in [0.15, 0.2) is 35.3 Å². The van der Waals surface area contributed by atoms with Gasteiger partial charge in [-0.1, -0.05) is 12.1 Å². The van der Waals surface area contributed by atoms with Gasteiger partial charge in [0, 0.05) is 28.7 Å². The zero-order chi connectivity index (χ0) is 23.3. The third kappa shape index (κ3) is 4.07. The van der Waals surface area contributed by atoms with E-state index in [2.05, 4.69) is 39.1 Å². The second-order valence-electron chi connectivity index (χ2n) is 9.64. The van der Waals surface area contributed by atoms with Gasteiger partial charge in [0.1, 0.15) is 5.60 Å². The Morgan fingerprint density at radius 1 is 1.16 bits per heavy atom. The summed E-state index contributed by atoms with van der Waals surface area (Å²) in [6, 6.07) is 9.32. The van der Waals surface area contributed by atoms with E-state index in [1.807, 2.05) is 12.1 Å². The molecule has 2 aromatic rings. The van der Waals surface area contributed by atoms with Gasteiger partial charge in [-0.3, -0.25) is 14.6 Å². The van der Waals surface area contributed by atoms with Gasteiger partial charge in [0.15, 0.2) is 11.5 Å². The molecular formula is C25H29N3O4. The number of hydrogen-bond acceptors (Lipinski definition) is 5. The molecule has 0 unspecified atom stereocenters. The van der Waals surface area contributed by atoms with E-state index < -0.39 is 5.91 Å². The molecule has 2 amide bonds. The number of nitrogens with zero attached hydrogens (tertiary/aromatic N) is 1. The molecule has 4 rings (SSSR count). The largest absolute Gasteiger partial charge is 0.493 e. The van der Waals surface area contributed by atoms with Crippen LogP contribution in [0.3, 0.4) is 0 Å². The van der Waals surface area contributed by atoms with Crippen molar-refractivity contribution in [1.29, 1.82) is 0 Å². The first-order valence-electron chi connectivity index (χ1n) is 10.7. The minimum absolute atomic E-state index is 0.196. The molecule has 3 N–H and O–H groups in total. The van der Waals surface area contributed by atoms with E-state index in [0.29, 0.717) is 5.56 Å². The Balaban J connectivity index is 1.78. The number of aliphatic imine (C=N–C) groups is 1. The average Bonchev–Trinajstić information content (AvgIpc) is 3.04. The Hall–Kier alpha value is -3.35. The molecule has 2 aliphatic heterocycles. The van der Waals surface area contributed by atoms with E-state index in [9.17, 15) is 9.59 Å². The van der Waals surface area contributed by atoms with Crippen molar-refractivity contribution in [2.45, 2.75) is 51.7 Å². The molecule has 0 spiro atoms. The SMILES string of the molecule is COc1cc2c(c3c1OC(C)(C)C3)C(c1ccc(C(=O)NCC(N)=O)cc1)=NC(C)(C)C2. The smallest absolute Gasteiger partial charge is 0.251 e. The molecule has 32 heavy (non-hydrogen) atoms. The van der Waals surface area contributed by atoms with Crippen molar-refractivity contribution in [2.75, 3.05) is 13.7 Å². The van der Waals surface area contributed by atoms with Crippen LogP contribution < -0.4 is 20.5 Å². The zero-order valence-corrected chi connectivity index (χ0v) is 19.2. The Labute approximate surface area is 188 Å². The highest BCUT2D eigenvalue weighted by Crippen LogP contribution is 2.47. The highest BCUT2D eigenvalue weighted by Gasteiger charge is 2.39. The van der Waals surface area contributed by atoms with Crippen LogP contribution in [0.2, 0.25) is 0 Å². The summed E-state index contributed by atoms with van der Waals surface area (Å²) in [5.74, 6) is 0.608. The summed E-state index contributed by atoms with van der Waals surface area (Å²) < 4.78 is 11.9. The fraction of sp³-hybridized carbons (Fsp3) is 0.400. The van der Waals surface area contributed by atoms with Crippen LogP contribution in [0.4, 0.5) is 0 Å². The maximum atomic E-state index is 12.3. The number of carbonyl (C=O) groups is 2. The van der Waals surface area contributed by atoms with Crippen molar-refractivity contribution < 1.29 is 19.1 Å². The van der Waals surface area contributed by atoms with E-state index in [4.69, 9.17) is 20.2 Å². The number of ether oxygens (including phenoxy) is 2. The van der Waals surface area contributed by atoms with Crippen molar-refractivity contribution in [2.24, 2.45) is 10.7 Å². The molecule has 0 radical (unpaired) electrons. The van der Waals surface area contributed by atoms with E-state index in [1.165, 1.54) is 5.56 Å². The molecule has 7 nitrogen and oxygen atoms in total. The quantitative estimate of drug-likeness (QED) is 0.754. The van der Waals surface area contributed by atoms with Gasteiger partial charge in [-0.25, -0.2) is 0 Å². The van der Waals surface area contributed by atoms with Crippen molar-refractivity contribution >= 4 is 17.5 Å². The van der Waals surface area contributed by atoms with Crippen molar-refractivity contribution in [3.05, 3.63) is 58.1 Å². The monoisotopic (exact) mass is 435 g/mol. The third-order valence-corrected chi connectivity index (χ3v) is 5.74. The molecule has 0 aromatic heterocycles. The van der Waals surface area contributed by atoms with Crippen LogP contribution in [-0.4, -0.2) is 42.3 Å². The van der Waals surface area contributed by atoms with E-state index in [0.717, 1.165) is 46.7 Å². The minimum atomic E-state index is -0.584. The summed E-state index contributed by atoms with van der Waals surface area (Å²) in [5.41, 5.74) is 10.1. The van der Waals surface area contributed by atoms with Gasteiger partial charge in [0.25, 0.3) is 5.91 Å². The summed E-state index contributed by atoms with van der Waals surface area (Å²) in [6.07, 6.45) is 1.55. The zero-order valence-electron chi connectivity index (χ0n) is 19.2. The Bertz CT molecular complexity index is 1130. The second kappa shape index (κ2) is 7.65. The Kier molecular flexibility index (Phi) is 5.23. The molecule has 0 saturated carbocycles. The van der Waals surface area contributed by atoms with Crippen LogP contribution >= 0.6 is 0 Å². The van der Waals surface area contributed by atoms with Gasteiger partial charge >= 0.3 is 0 Å². The van der Waals surface area contributed by atoms with Crippen molar-refractivity contribution in [3.63, 3.8) is 0 Å². The lowest BCUT2D eigenvalue weighted by Crippen LogP contribution is -2.33. The summed E-state index contributed by atoms with van der Waals surface area (Å²) in [5, 5.41) is 2.51. The second-order valence-corrected chi connectivity index (χ2v) is 9.64. The van der Waals surface area contributed by atoms with E-state index >= 15 is 0 Å². The number of amides is 2. The van der Waals surface area contributed by atoms with Crippen LogP contribution in [0.1, 0.15) is 60.3 Å². The molecule has 0 fully saturated rings. The minimum Gasteiger partial charge on any atom is -0.493 e. The number of carbonyl (C=O) groups excluding carboxylic acids is 2. The number of rotatable bonds is 5. The fourth-order valence-electron chi connectivity index (χ4n) is 4.48. The predicted molar refractivity (Wildman–Crippen MR) is 123 cm³/mol. The Morgan fingerprint density at radius 2 is 1.84 bits per heavy atom. The number of hydrogen-bond donors (Lipinski definition) is 2. The van der Waals surface area contributed by atoms with Gasteiger partial charge in [-0.2, -0.15) is 0 Å². The van der Waals surface area contributed by atoms with Crippen LogP contribution in [-0.2, 0) is 17.6 Å². The molecule has 2 aliphatic rings. The fourth-order valence-corrected chi connectivity index (χ4v) is 4.48. The van der Waals surface area contributed by atoms with Crippen molar-refractivity contribution in [3.8, 4) is 11.5 Å². The molecule has 0 aliphatic carbocycles. The summed E-state index contributed by atoms with van der Waals surface area (Å²) in [6.45, 7) is 8.17. The summed E-state index contributed by atoms with van der Waals surface area (Å²) in [4.78, 5) is 28.3. The van der Waals surface area contributed by atoms with Gasteiger partial charge in [0.05, 0.1) is 24.9 Å².